The molecule has 0 spiro atoms. The average Bonchev–Trinajstić information content (AvgIpc) is 3.02. The molecule has 3 aromatic rings. The van der Waals surface area contributed by atoms with E-state index in [1.165, 1.54) is 4.68 Å². The molecule has 3 rings (SSSR count). The minimum atomic E-state index is -0.846. The molecule has 0 aliphatic heterocycles. The molecule has 0 unspecified atom stereocenters. The van der Waals surface area contributed by atoms with Gasteiger partial charge in [0.1, 0.15) is 5.69 Å². The first-order valence-corrected chi connectivity index (χ1v) is 10.7. The van der Waals surface area contributed by atoms with Gasteiger partial charge in [0.05, 0.1) is 5.52 Å². The van der Waals surface area contributed by atoms with E-state index in [9.17, 15) is 14.4 Å². The van der Waals surface area contributed by atoms with Gasteiger partial charge in [-0.05, 0) is 67.3 Å². The van der Waals surface area contributed by atoms with Crippen LogP contribution in [0.4, 0.5) is 5.69 Å². The number of anilines is 1. The first-order chi connectivity index (χ1) is 14.6. The molecule has 0 fully saturated rings. The van der Waals surface area contributed by atoms with E-state index in [0.29, 0.717) is 17.7 Å². The van der Waals surface area contributed by atoms with Crippen LogP contribution in [0, 0.1) is 19.8 Å². The second-order valence-corrected chi connectivity index (χ2v) is 8.86. The van der Waals surface area contributed by atoms with Gasteiger partial charge in [-0.15, -0.1) is 0 Å². The maximum Gasteiger partial charge on any atom is 0.328 e. The van der Waals surface area contributed by atoms with Crippen molar-refractivity contribution in [1.29, 1.82) is 0 Å². The number of amides is 3. The van der Waals surface area contributed by atoms with Crippen molar-refractivity contribution >= 4 is 50.2 Å². The summed E-state index contributed by atoms with van der Waals surface area (Å²) in [5.74, 6) is -1.80. The van der Waals surface area contributed by atoms with Gasteiger partial charge in [0, 0.05) is 22.1 Å². The van der Waals surface area contributed by atoms with Crippen molar-refractivity contribution in [1.82, 2.24) is 9.99 Å². The number of nitrogens with zero attached hydrogens (tertiary/aromatic N) is 1. The molecule has 0 saturated heterocycles. The van der Waals surface area contributed by atoms with Crippen LogP contribution in [0.1, 0.15) is 35.5 Å². The Bertz CT molecular complexity index is 1150. The minimum absolute atomic E-state index is 0.206. The number of halogens is 1. The van der Waals surface area contributed by atoms with E-state index in [1.807, 2.05) is 52.0 Å². The number of rotatable bonds is 5. The van der Waals surface area contributed by atoms with E-state index < -0.39 is 17.7 Å². The fourth-order valence-electron chi connectivity index (χ4n) is 3.25. The Balaban J connectivity index is 1.94. The highest BCUT2D eigenvalue weighted by Crippen LogP contribution is 2.24. The van der Waals surface area contributed by atoms with Crippen molar-refractivity contribution < 1.29 is 14.4 Å². The number of carbonyl (C=O) groups is 3. The Kier molecular flexibility index (Phi) is 6.80. The second kappa shape index (κ2) is 9.34. The molecule has 0 aliphatic rings. The fourth-order valence-corrected chi connectivity index (χ4v) is 3.62. The van der Waals surface area contributed by atoms with Crippen LogP contribution in [0.2, 0.25) is 0 Å². The lowest BCUT2D eigenvalue weighted by molar-refractivity contribution is -0.136. The van der Waals surface area contributed by atoms with Crippen LogP contribution in [0.25, 0.3) is 10.9 Å². The fraction of sp³-hybridized carbons (Fsp3) is 0.261. The Labute approximate surface area is 189 Å². The predicted molar refractivity (Wildman–Crippen MR) is 126 cm³/mol. The molecule has 0 saturated carbocycles. The van der Waals surface area contributed by atoms with Crippen molar-refractivity contribution in [2.24, 2.45) is 5.92 Å². The van der Waals surface area contributed by atoms with E-state index in [-0.39, 0.29) is 11.6 Å². The van der Waals surface area contributed by atoms with Gasteiger partial charge < -0.3 is 10.6 Å². The normalized spacial score (nSPS) is 10.9. The van der Waals surface area contributed by atoms with Crippen molar-refractivity contribution in [2.75, 3.05) is 17.3 Å². The lowest BCUT2D eigenvalue weighted by Crippen LogP contribution is -2.41. The van der Waals surface area contributed by atoms with Crippen molar-refractivity contribution in [3.8, 4) is 0 Å². The Morgan fingerprint density at radius 2 is 1.65 bits per heavy atom. The number of nitrogens with one attached hydrogen (secondary N) is 3. The number of fused-ring (bicyclic) bond motifs is 1. The lowest BCUT2D eigenvalue weighted by atomic mass is 10.1. The SMILES string of the molecule is Cc1cc(C)cc(NC(=O)c2cc3cc(Br)ccc3n2NC(=O)C(=O)NCC(C)C)c1. The van der Waals surface area contributed by atoms with Crippen molar-refractivity contribution in [2.45, 2.75) is 27.7 Å². The van der Waals surface area contributed by atoms with Crippen molar-refractivity contribution in [3.63, 3.8) is 0 Å². The summed E-state index contributed by atoms with van der Waals surface area (Å²) in [4.78, 5) is 37.7. The highest BCUT2D eigenvalue weighted by molar-refractivity contribution is 9.10. The van der Waals surface area contributed by atoms with Crippen LogP contribution in [-0.2, 0) is 9.59 Å². The third-order valence-electron chi connectivity index (χ3n) is 4.57. The van der Waals surface area contributed by atoms with Gasteiger partial charge in [0.25, 0.3) is 5.91 Å². The molecule has 1 heterocycles. The smallest absolute Gasteiger partial charge is 0.328 e. The van der Waals surface area contributed by atoms with Crippen LogP contribution in [0.3, 0.4) is 0 Å². The van der Waals surface area contributed by atoms with E-state index >= 15 is 0 Å². The monoisotopic (exact) mass is 484 g/mol. The van der Waals surface area contributed by atoms with Gasteiger partial charge in [0.15, 0.2) is 0 Å². The molecule has 8 heteroatoms. The van der Waals surface area contributed by atoms with E-state index in [2.05, 4.69) is 32.0 Å². The summed E-state index contributed by atoms with van der Waals surface area (Å²) in [6.45, 7) is 8.15. The van der Waals surface area contributed by atoms with Gasteiger partial charge in [-0.2, -0.15) is 0 Å². The summed E-state index contributed by atoms with van der Waals surface area (Å²) in [6, 6.07) is 12.8. The molecule has 1 aromatic heterocycles. The number of carbonyl (C=O) groups excluding carboxylic acids is 3. The van der Waals surface area contributed by atoms with Crippen LogP contribution in [-0.4, -0.2) is 28.9 Å². The molecule has 3 N–H and O–H groups in total. The van der Waals surface area contributed by atoms with Crippen LogP contribution >= 0.6 is 15.9 Å². The average molecular weight is 485 g/mol. The Morgan fingerprint density at radius 3 is 2.29 bits per heavy atom. The zero-order valence-electron chi connectivity index (χ0n) is 17.9. The quantitative estimate of drug-likeness (QED) is 0.475. The molecular weight excluding hydrogens is 460 g/mol. The van der Waals surface area contributed by atoms with E-state index in [1.54, 1.807) is 18.2 Å². The molecule has 0 bridgehead atoms. The molecule has 0 aliphatic carbocycles. The Hall–Kier alpha value is -3.13. The zero-order valence-corrected chi connectivity index (χ0v) is 19.5. The minimum Gasteiger partial charge on any atom is -0.348 e. The van der Waals surface area contributed by atoms with Crippen LogP contribution in [0.15, 0.2) is 46.9 Å². The second-order valence-electron chi connectivity index (χ2n) is 7.94. The molecule has 7 nitrogen and oxygen atoms in total. The molecule has 0 atom stereocenters. The lowest BCUT2D eigenvalue weighted by Gasteiger charge is -2.13. The summed E-state index contributed by atoms with van der Waals surface area (Å²) in [5.41, 5.74) is 6.06. The summed E-state index contributed by atoms with van der Waals surface area (Å²) in [7, 11) is 0. The maximum atomic E-state index is 13.1. The third-order valence-corrected chi connectivity index (χ3v) is 5.06. The highest BCUT2D eigenvalue weighted by atomic mass is 79.9. The highest BCUT2D eigenvalue weighted by Gasteiger charge is 2.21. The number of aromatic nitrogens is 1. The first kappa shape index (κ1) is 22.6. The number of hydrogen-bond donors (Lipinski definition) is 3. The summed E-state index contributed by atoms with van der Waals surface area (Å²) in [6.07, 6.45) is 0. The molecule has 162 valence electrons. The van der Waals surface area contributed by atoms with Gasteiger partial charge in [0.2, 0.25) is 0 Å². The van der Waals surface area contributed by atoms with Gasteiger partial charge in [-0.1, -0.05) is 35.8 Å². The molecule has 3 amide bonds. The maximum absolute atomic E-state index is 13.1. The molecule has 31 heavy (non-hydrogen) atoms. The summed E-state index contributed by atoms with van der Waals surface area (Å²) in [5, 5.41) is 6.19. The zero-order chi connectivity index (χ0) is 22.7. The van der Waals surface area contributed by atoms with Gasteiger partial charge in [-0.25, -0.2) is 4.68 Å². The van der Waals surface area contributed by atoms with E-state index in [0.717, 1.165) is 21.0 Å². The third kappa shape index (κ3) is 5.52. The number of benzene rings is 2. The first-order valence-electron chi connectivity index (χ1n) is 9.94. The van der Waals surface area contributed by atoms with Crippen molar-refractivity contribution in [3.05, 3.63) is 63.8 Å². The topological polar surface area (TPSA) is 92.2 Å². The number of hydrogen-bond acceptors (Lipinski definition) is 3. The summed E-state index contributed by atoms with van der Waals surface area (Å²) >= 11 is 3.42. The van der Waals surface area contributed by atoms with Gasteiger partial charge >= 0.3 is 11.8 Å². The van der Waals surface area contributed by atoms with E-state index in [4.69, 9.17) is 0 Å². The van der Waals surface area contributed by atoms with Crippen LogP contribution < -0.4 is 16.1 Å². The predicted octanol–water partition coefficient (Wildman–Crippen LogP) is 4.12. The molecule has 0 radical (unpaired) electrons. The largest absolute Gasteiger partial charge is 0.348 e. The van der Waals surface area contributed by atoms with Gasteiger partial charge in [-0.3, -0.25) is 19.8 Å². The number of aryl methyl sites for hydroxylation is 2. The standard InChI is InChI=1S/C23H25BrN4O3/c1-13(2)12-25-22(30)23(31)27-28-19-6-5-17(24)10-16(19)11-20(28)21(29)26-18-8-14(3)7-15(4)9-18/h5-11,13H,12H2,1-4H3,(H,25,30)(H,26,29)(H,27,31). The Morgan fingerprint density at radius 1 is 0.968 bits per heavy atom. The van der Waals surface area contributed by atoms with Crippen LogP contribution in [0.5, 0.6) is 0 Å². The molecular formula is C23H25BrN4O3. The molecule has 2 aromatic carbocycles. The summed E-state index contributed by atoms with van der Waals surface area (Å²) < 4.78 is 2.18.